The monoisotopic (exact) mass is 300 g/mol. The molecule has 1 aromatic carbocycles. The fourth-order valence-corrected chi connectivity index (χ4v) is 2.05. The van der Waals surface area contributed by atoms with Crippen molar-refractivity contribution in [1.82, 2.24) is 4.90 Å². The molecule has 0 aliphatic heterocycles. The number of benzene rings is 1. The van der Waals surface area contributed by atoms with Gasteiger partial charge >= 0.3 is 0 Å². The molecule has 0 heterocycles. The van der Waals surface area contributed by atoms with E-state index in [-0.39, 0.29) is 5.91 Å². The molecule has 86 valence electrons. The first-order valence-corrected chi connectivity index (χ1v) is 5.92. The van der Waals surface area contributed by atoms with Gasteiger partial charge in [0.25, 0.3) is 5.91 Å². The molecule has 1 rings (SSSR count). The normalized spacial score (nSPS) is 9.94. The van der Waals surface area contributed by atoms with Crippen LogP contribution in [0.3, 0.4) is 0 Å². The molecular weight excluding hydrogens is 288 g/mol. The van der Waals surface area contributed by atoms with Gasteiger partial charge in [-0.2, -0.15) is 0 Å². The number of rotatable bonds is 3. The number of nitrogens with zero attached hydrogens (tertiary/aromatic N) is 1. The van der Waals surface area contributed by atoms with Gasteiger partial charge in [0.15, 0.2) is 0 Å². The zero-order valence-corrected chi connectivity index (χ0v) is 11.6. The Morgan fingerprint density at radius 2 is 2.19 bits per heavy atom. The van der Waals surface area contributed by atoms with Gasteiger partial charge in [-0.15, -0.1) is 0 Å². The first-order valence-electron chi connectivity index (χ1n) is 4.71. The molecule has 0 fully saturated rings. The Morgan fingerprint density at radius 1 is 1.56 bits per heavy atom. The van der Waals surface area contributed by atoms with E-state index < -0.39 is 0 Å². The van der Waals surface area contributed by atoms with Crippen LogP contribution in [0.4, 0.5) is 0 Å². The third kappa shape index (κ3) is 3.28. The van der Waals surface area contributed by atoms with Crippen molar-refractivity contribution in [3.63, 3.8) is 0 Å². The van der Waals surface area contributed by atoms with Crippen molar-refractivity contribution in [1.29, 1.82) is 0 Å². The van der Waals surface area contributed by atoms with Crippen LogP contribution < -0.4 is 5.73 Å². The molecule has 1 amide bonds. The number of carbonyl (C=O) groups is 1. The Morgan fingerprint density at radius 3 is 2.69 bits per heavy atom. The van der Waals surface area contributed by atoms with Crippen LogP contribution in [0.15, 0.2) is 22.7 Å². The summed E-state index contributed by atoms with van der Waals surface area (Å²) >= 11 is 8.13. The Labute approximate surface area is 109 Å². The molecular formula is C11H13BrN2OS. The molecule has 0 radical (unpaired) electrons. The molecule has 0 unspecified atom stereocenters. The zero-order chi connectivity index (χ0) is 12.3. The minimum Gasteiger partial charge on any atom is -0.392 e. The standard InChI is InChI=1S/C11H13BrN2OS/c1-7-5-8(12)3-4-9(7)11(15)14(2)6-10(13)16/h3-5H,6H2,1-2H3,(H2,13,16). The van der Waals surface area contributed by atoms with E-state index in [2.05, 4.69) is 15.9 Å². The highest BCUT2D eigenvalue weighted by molar-refractivity contribution is 9.10. The summed E-state index contributed by atoms with van der Waals surface area (Å²) < 4.78 is 0.957. The highest BCUT2D eigenvalue weighted by Gasteiger charge is 2.14. The molecule has 0 saturated heterocycles. The molecule has 0 aromatic heterocycles. The predicted molar refractivity (Wildman–Crippen MR) is 72.6 cm³/mol. The molecule has 1 aromatic rings. The van der Waals surface area contributed by atoms with E-state index in [0.717, 1.165) is 10.0 Å². The van der Waals surface area contributed by atoms with Gasteiger partial charge in [0.1, 0.15) is 0 Å². The topological polar surface area (TPSA) is 46.3 Å². The summed E-state index contributed by atoms with van der Waals surface area (Å²) in [5, 5.41) is 0. The van der Waals surface area contributed by atoms with Gasteiger partial charge in [0.05, 0.1) is 11.5 Å². The zero-order valence-electron chi connectivity index (χ0n) is 9.16. The number of amides is 1. The van der Waals surface area contributed by atoms with Crippen LogP contribution >= 0.6 is 28.1 Å². The maximum Gasteiger partial charge on any atom is 0.254 e. The minimum atomic E-state index is -0.0715. The largest absolute Gasteiger partial charge is 0.392 e. The van der Waals surface area contributed by atoms with Crippen LogP contribution in [-0.2, 0) is 0 Å². The first kappa shape index (κ1) is 13.1. The van der Waals surface area contributed by atoms with Gasteiger partial charge in [-0.05, 0) is 30.7 Å². The second kappa shape index (κ2) is 5.41. The molecule has 3 nitrogen and oxygen atoms in total. The summed E-state index contributed by atoms with van der Waals surface area (Å²) in [6.45, 7) is 2.19. The Bertz CT molecular complexity index is 434. The maximum absolute atomic E-state index is 12.0. The van der Waals surface area contributed by atoms with Gasteiger partial charge in [-0.3, -0.25) is 4.79 Å². The second-order valence-corrected chi connectivity index (χ2v) is 5.03. The van der Waals surface area contributed by atoms with Crippen molar-refractivity contribution in [2.24, 2.45) is 5.73 Å². The summed E-state index contributed by atoms with van der Waals surface area (Å²) in [5.74, 6) is -0.0715. The van der Waals surface area contributed by atoms with E-state index in [4.69, 9.17) is 18.0 Å². The van der Waals surface area contributed by atoms with Crippen LogP contribution in [0.25, 0.3) is 0 Å². The summed E-state index contributed by atoms with van der Waals surface area (Å²) in [6, 6.07) is 5.54. The van der Waals surface area contributed by atoms with Crippen molar-refractivity contribution in [2.45, 2.75) is 6.92 Å². The number of aryl methyl sites for hydroxylation is 1. The number of halogens is 1. The van der Waals surface area contributed by atoms with Crippen molar-refractivity contribution < 1.29 is 4.79 Å². The van der Waals surface area contributed by atoms with Crippen molar-refractivity contribution in [3.8, 4) is 0 Å². The molecule has 5 heteroatoms. The Balaban J connectivity index is 2.92. The molecule has 0 atom stereocenters. The number of hydrogen-bond acceptors (Lipinski definition) is 2. The SMILES string of the molecule is Cc1cc(Br)ccc1C(=O)N(C)CC(N)=S. The Kier molecular flexibility index (Phi) is 4.44. The lowest BCUT2D eigenvalue weighted by Crippen LogP contribution is -2.34. The quantitative estimate of drug-likeness (QED) is 0.870. The molecule has 0 bridgehead atoms. The van der Waals surface area contributed by atoms with Crippen molar-refractivity contribution >= 4 is 39.0 Å². The van der Waals surface area contributed by atoms with Crippen LogP contribution in [0.5, 0.6) is 0 Å². The van der Waals surface area contributed by atoms with Gasteiger partial charge in [-0.25, -0.2) is 0 Å². The third-order valence-electron chi connectivity index (χ3n) is 2.16. The van der Waals surface area contributed by atoms with Crippen molar-refractivity contribution in [2.75, 3.05) is 13.6 Å². The Hall–Kier alpha value is -0.940. The third-order valence-corrected chi connectivity index (χ3v) is 2.78. The lowest BCUT2D eigenvalue weighted by Gasteiger charge is -2.17. The van der Waals surface area contributed by atoms with Crippen molar-refractivity contribution in [3.05, 3.63) is 33.8 Å². The second-order valence-electron chi connectivity index (χ2n) is 3.59. The lowest BCUT2D eigenvalue weighted by atomic mass is 10.1. The van der Waals surface area contributed by atoms with Crippen LogP contribution in [0.1, 0.15) is 15.9 Å². The molecule has 0 spiro atoms. The van der Waals surface area contributed by atoms with Crippen LogP contribution in [-0.4, -0.2) is 29.4 Å². The average molecular weight is 301 g/mol. The van der Waals surface area contributed by atoms with Gasteiger partial charge in [-0.1, -0.05) is 28.1 Å². The number of carbonyl (C=O) groups excluding carboxylic acids is 1. The maximum atomic E-state index is 12.0. The van der Waals surface area contributed by atoms with E-state index in [9.17, 15) is 4.79 Å². The molecule has 0 aliphatic carbocycles. The molecule has 2 N–H and O–H groups in total. The fourth-order valence-electron chi connectivity index (χ4n) is 1.38. The highest BCUT2D eigenvalue weighted by Crippen LogP contribution is 2.17. The number of hydrogen-bond donors (Lipinski definition) is 1. The van der Waals surface area contributed by atoms with Crippen LogP contribution in [0, 0.1) is 6.92 Å². The van der Waals surface area contributed by atoms with E-state index in [1.807, 2.05) is 19.1 Å². The van der Waals surface area contributed by atoms with Gasteiger partial charge < -0.3 is 10.6 Å². The summed E-state index contributed by atoms with van der Waals surface area (Å²) in [7, 11) is 1.68. The summed E-state index contributed by atoms with van der Waals surface area (Å²) in [6.07, 6.45) is 0. The van der Waals surface area contributed by atoms with Gasteiger partial charge in [0.2, 0.25) is 0 Å². The van der Waals surface area contributed by atoms with Crippen LogP contribution in [0.2, 0.25) is 0 Å². The van der Waals surface area contributed by atoms with E-state index in [1.165, 1.54) is 4.90 Å². The summed E-state index contributed by atoms with van der Waals surface area (Å²) in [4.78, 5) is 13.8. The predicted octanol–water partition coefficient (Wildman–Crippen LogP) is 2.12. The highest BCUT2D eigenvalue weighted by atomic mass is 79.9. The lowest BCUT2D eigenvalue weighted by molar-refractivity contribution is 0.0814. The first-order chi connectivity index (χ1) is 7.41. The minimum absolute atomic E-state index is 0.0715. The number of nitrogens with two attached hydrogens (primary N) is 1. The van der Waals surface area contributed by atoms with E-state index >= 15 is 0 Å². The van der Waals surface area contributed by atoms with E-state index in [0.29, 0.717) is 17.1 Å². The molecule has 0 aliphatic rings. The number of thiocarbonyl (C=S) groups is 1. The van der Waals surface area contributed by atoms with E-state index in [1.54, 1.807) is 13.1 Å². The smallest absolute Gasteiger partial charge is 0.254 e. The number of likely N-dealkylation sites (N-methyl/N-ethyl adjacent to an activating group) is 1. The molecule has 16 heavy (non-hydrogen) atoms. The van der Waals surface area contributed by atoms with Gasteiger partial charge in [0, 0.05) is 17.1 Å². The fraction of sp³-hybridized carbons (Fsp3) is 0.273. The summed E-state index contributed by atoms with van der Waals surface area (Å²) in [5.41, 5.74) is 7.00. The molecule has 0 saturated carbocycles. The average Bonchev–Trinajstić information content (AvgIpc) is 2.15.